The van der Waals surface area contributed by atoms with Crippen molar-refractivity contribution in [2.45, 2.75) is 19.6 Å². The van der Waals surface area contributed by atoms with E-state index in [-0.39, 0.29) is 11.4 Å². The number of benzene rings is 1. The van der Waals surface area contributed by atoms with E-state index in [1.54, 1.807) is 4.90 Å². The molecule has 0 saturated carbocycles. The minimum absolute atomic E-state index is 0.196. The molecule has 3 rings (SSSR count). The summed E-state index contributed by atoms with van der Waals surface area (Å²) >= 11 is 0. The number of H-pyrrole nitrogens is 1. The van der Waals surface area contributed by atoms with Gasteiger partial charge in [0.25, 0.3) is 5.56 Å². The molecule has 0 bridgehead atoms. The molecule has 1 saturated heterocycles. The number of halogens is 4. The Kier molecular flexibility index (Phi) is 5.09. The van der Waals surface area contributed by atoms with E-state index in [0.717, 1.165) is 22.8 Å². The van der Waals surface area contributed by atoms with Crippen LogP contribution >= 0.6 is 0 Å². The summed E-state index contributed by atoms with van der Waals surface area (Å²) in [5.74, 6) is -1.06. The first-order valence-corrected chi connectivity index (χ1v) is 8.34. The number of aromatic amines is 1. The van der Waals surface area contributed by atoms with E-state index < -0.39 is 40.9 Å². The Morgan fingerprint density at radius 1 is 1.15 bits per heavy atom. The number of alkyl halides is 3. The summed E-state index contributed by atoms with van der Waals surface area (Å²) in [7, 11) is 0. The SMILES string of the molecule is Cc1c(N2CCNCC2)c(=O)[nH]c(=O)n1Cc1c(F)cccc1C(F)(F)F. The molecule has 1 fully saturated rings. The molecule has 0 unspecified atom stereocenters. The Morgan fingerprint density at radius 3 is 2.44 bits per heavy atom. The summed E-state index contributed by atoms with van der Waals surface area (Å²) in [5.41, 5.74) is -2.88. The minimum Gasteiger partial charge on any atom is -0.363 e. The molecule has 27 heavy (non-hydrogen) atoms. The molecule has 2 N–H and O–H groups in total. The fraction of sp³-hybridized carbons (Fsp3) is 0.412. The van der Waals surface area contributed by atoms with Gasteiger partial charge in [-0.15, -0.1) is 0 Å². The van der Waals surface area contributed by atoms with Crippen LogP contribution in [-0.4, -0.2) is 35.7 Å². The van der Waals surface area contributed by atoms with Crippen LogP contribution in [0.3, 0.4) is 0 Å². The molecule has 146 valence electrons. The number of nitrogens with one attached hydrogen (secondary N) is 2. The number of piperazine rings is 1. The Hall–Kier alpha value is -2.62. The largest absolute Gasteiger partial charge is 0.416 e. The lowest BCUT2D eigenvalue weighted by Gasteiger charge is -2.30. The van der Waals surface area contributed by atoms with Crippen molar-refractivity contribution in [3.8, 4) is 0 Å². The van der Waals surface area contributed by atoms with Gasteiger partial charge < -0.3 is 10.2 Å². The molecular formula is C17H18F4N4O2. The lowest BCUT2D eigenvalue weighted by atomic mass is 10.1. The van der Waals surface area contributed by atoms with Crippen molar-refractivity contribution in [1.29, 1.82) is 0 Å². The maximum absolute atomic E-state index is 14.2. The van der Waals surface area contributed by atoms with E-state index in [1.807, 2.05) is 0 Å². The van der Waals surface area contributed by atoms with E-state index in [1.165, 1.54) is 6.92 Å². The van der Waals surface area contributed by atoms with Gasteiger partial charge in [0.1, 0.15) is 11.5 Å². The minimum atomic E-state index is -4.77. The van der Waals surface area contributed by atoms with Gasteiger partial charge in [0.15, 0.2) is 0 Å². The lowest BCUT2D eigenvalue weighted by Crippen LogP contribution is -2.47. The number of rotatable bonds is 3. The first-order valence-electron chi connectivity index (χ1n) is 8.34. The van der Waals surface area contributed by atoms with Crippen LogP contribution in [0.2, 0.25) is 0 Å². The molecule has 1 aromatic heterocycles. The fourth-order valence-electron chi connectivity index (χ4n) is 3.26. The molecule has 6 nitrogen and oxygen atoms in total. The van der Waals surface area contributed by atoms with Crippen LogP contribution < -0.4 is 21.5 Å². The molecule has 1 aromatic carbocycles. The normalized spacial score (nSPS) is 15.2. The summed E-state index contributed by atoms with van der Waals surface area (Å²) in [4.78, 5) is 28.4. The van der Waals surface area contributed by atoms with Crippen LogP contribution in [0.1, 0.15) is 16.8 Å². The van der Waals surface area contributed by atoms with Gasteiger partial charge >= 0.3 is 11.9 Å². The van der Waals surface area contributed by atoms with Gasteiger partial charge in [-0.25, -0.2) is 9.18 Å². The van der Waals surface area contributed by atoms with Crippen molar-refractivity contribution >= 4 is 5.69 Å². The van der Waals surface area contributed by atoms with E-state index >= 15 is 0 Å². The van der Waals surface area contributed by atoms with E-state index in [4.69, 9.17) is 0 Å². The molecule has 1 aliphatic heterocycles. The Labute approximate surface area is 151 Å². The standard InChI is InChI=1S/C17H18F4N4O2/c1-10-14(24-7-5-22-6-8-24)15(26)23-16(27)25(10)9-11-12(17(19,20)21)3-2-4-13(11)18/h2-4,22H,5-9H2,1H3,(H,23,26,27). The predicted molar refractivity (Wildman–Crippen MR) is 91.6 cm³/mol. The number of anilines is 1. The second kappa shape index (κ2) is 7.18. The van der Waals surface area contributed by atoms with Crippen LogP contribution in [0.5, 0.6) is 0 Å². The summed E-state index contributed by atoms with van der Waals surface area (Å²) in [6.45, 7) is 3.11. The lowest BCUT2D eigenvalue weighted by molar-refractivity contribution is -0.138. The molecule has 0 atom stereocenters. The molecule has 2 aromatic rings. The molecule has 0 spiro atoms. The highest BCUT2D eigenvalue weighted by Crippen LogP contribution is 2.33. The third-order valence-electron chi connectivity index (χ3n) is 4.60. The van der Waals surface area contributed by atoms with E-state index in [9.17, 15) is 27.2 Å². The van der Waals surface area contributed by atoms with Crippen LogP contribution in [-0.2, 0) is 12.7 Å². The molecule has 2 heterocycles. The van der Waals surface area contributed by atoms with Gasteiger partial charge in [0.05, 0.1) is 12.1 Å². The Balaban J connectivity index is 2.12. The highest BCUT2D eigenvalue weighted by atomic mass is 19.4. The molecular weight excluding hydrogens is 368 g/mol. The maximum Gasteiger partial charge on any atom is 0.416 e. The van der Waals surface area contributed by atoms with Gasteiger partial charge in [-0.2, -0.15) is 13.2 Å². The first-order chi connectivity index (χ1) is 12.7. The fourth-order valence-corrected chi connectivity index (χ4v) is 3.26. The Bertz CT molecular complexity index is 959. The summed E-state index contributed by atoms with van der Waals surface area (Å²) in [6, 6.07) is 2.64. The van der Waals surface area contributed by atoms with Gasteiger partial charge in [0, 0.05) is 37.4 Å². The monoisotopic (exact) mass is 386 g/mol. The van der Waals surface area contributed by atoms with Crippen molar-refractivity contribution in [3.63, 3.8) is 0 Å². The zero-order valence-electron chi connectivity index (χ0n) is 14.5. The molecule has 10 heteroatoms. The van der Waals surface area contributed by atoms with Gasteiger partial charge in [-0.3, -0.25) is 14.3 Å². The van der Waals surface area contributed by atoms with Crippen molar-refractivity contribution < 1.29 is 17.6 Å². The molecule has 0 amide bonds. The van der Waals surface area contributed by atoms with Crippen LogP contribution in [0, 0.1) is 12.7 Å². The average Bonchev–Trinajstić information content (AvgIpc) is 2.59. The first kappa shape index (κ1) is 19.2. The van der Waals surface area contributed by atoms with Crippen LogP contribution in [0.4, 0.5) is 23.2 Å². The molecule has 0 radical (unpaired) electrons. The van der Waals surface area contributed by atoms with Crippen molar-refractivity contribution in [2.24, 2.45) is 0 Å². The highest BCUT2D eigenvalue weighted by Gasteiger charge is 2.35. The maximum atomic E-state index is 14.2. The van der Waals surface area contributed by atoms with Crippen molar-refractivity contribution in [1.82, 2.24) is 14.9 Å². The average molecular weight is 386 g/mol. The third kappa shape index (κ3) is 3.75. The number of hydrogen-bond donors (Lipinski definition) is 2. The second-order valence-corrected chi connectivity index (χ2v) is 6.28. The van der Waals surface area contributed by atoms with Crippen LogP contribution in [0.15, 0.2) is 27.8 Å². The van der Waals surface area contributed by atoms with Gasteiger partial charge in [0.2, 0.25) is 0 Å². The Morgan fingerprint density at radius 2 is 1.81 bits per heavy atom. The van der Waals surface area contributed by atoms with E-state index in [2.05, 4.69) is 10.3 Å². The topological polar surface area (TPSA) is 70.1 Å². The summed E-state index contributed by atoms with van der Waals surface area (Å²) < 4.78 is 54.8. The van der Waals surface area contributed by atoms with Crippen LogP contribution in [0.25, 0.3) is 0 Å². The number of nitrogens with zero attached hydrogens (tertiary/aromatic N) is 2. The molecule has 1 aliphatic rings. The third-order valence-corrected chi connectivity index (χ3v) is 4.60. The van der Waals surface area contributed by atoms with Gasteiger partial charge in [-0.05, 0) is 19.1 Å². The predicted octanol–water partition coefficient (Wildman–Crippen LogP) is 1.46. The van der Waals surface area contributed by atoms with Crippen molar-refractivity contribution in [2.75, 3.05) is 31.1 Å². The number of hydrogen-bond acceptors (Lipinski definition) is 4. The van der Waals surface area contributed by atoms with E-state index in [0.29, 0.717) is 26.2 Å². The molecule has 0 aliphatic carbocycles. The zero-order chi connectivity index (χ0) is 19.8. The van der Waals surface area contributed by atoms with Crippen molar-refractivity contribution in [3.05, 3.63) is 61.7 Å². The highest BCUT2D eigenvalue weighted by molar-refractivity contribution is 5.49. The summed E-state index contributed by atoms with van der Waals surface area (Å²) in [5, 5.41) is 3.12. The second-order valence-electron chi connectivity index (χ2n) is 6.28. The number of aromatic nitrogens is 2. The smallest absolute Gasteiger partial charge is 0.363 e. The van der Waals surface area contributed by atoms with Gasteiger partial charge in [-0.1, -0.05) is 6.07 Å². The summed E-state index contributed by atoms with van der Waals surface area (Å²) in [6.07, 6.45) is -4.77. The quantitative estimate of drug-likeness (QED) is 0.784. The zero-order valence-corrected chi connectivity index (χ0v) is 14.5.